The van der Waals surface area contributed by atoms with Crippen LogP contribution in [-0.4, -0.2) is 36.5 Å². The van der Waals surface area contributed by atoms with Crippen LogP contribution in [0, 0.1) is 16.7 Å². The van der Waals surface area contributed by atoms with E-state index >= 15 is 0 Å². The fraction of sp³-hybridized carbons (Fsp3) is 0.938. The van der Waals surface area contributed by atoms with Gasteiger partial charge in [-0.1, -0.05) is 20.8 Å². The van der Waals surface area contributed by atoms with Gasteiger partial charge in [0, 0.05) is 19.6 Å². The van der Waals surface area contributed by atoms with Crippen molar-refractivity contribution in [3.63, 3.8) is 0 Å². The fourth-order valence-electron chi connectivity index (χ4n) is 4.53. The van der Waals surface area contributed by atoms with E-state index in [1.54, 1.807) is 4.90 Å². The van der Waals surface area contributed by atoms with Gasteiger partial charge in [-0.25, -0.2) is 0 Å². The van der Waals surface area contributed by atoms with Crippen LogP contribution in [-0.2, 0) is 4.79 Å². The summed E-state index contributed by atoms with van der Waals surface area (Å²) in [5, 5.41) is 3.66. The summed E-state index contributed by atoms with van der Waals surface area (Å²) in [4.78, 5) is 14.1. The molecule has 0 aromatic carbocycles. The predicted octanol–water partition coefficient (Wildman–Crippen LogP) is 2.66. The normalized spacial score (nSPS) is 37.4. The third-order valence-corrected chi connectivity index (χ3v) is 5.91. The third-order valence-electron chi connectivity index (χ3n) is 5.91. The van der Waals surface area contributed by atoms with E-state index in [2.05, 4.69) is 26.1 Å². The monoisotopic (exact) mass is 266 g/mol. The van der Waals surface area contributed by atoms with Crippen LogP contribution in [0.15, 0.2) is 0 Å². The molecule has 2 aliphatic rings. The zero-order valence-corrected chi connectivity index (χ0v) is 13.4. The van der Waals surface area contributed by atoms with E-state index in [0.717, 1.165) is 12.5 Å². The van der Waals surface area contributed by atoms with Crippen LogP contribution in [0.5, 0.6) is 0 Å². The van der Waals surface area contributed by atoms with Gasteiger partial charge in [-0.15, -0.1) is 0 Å². The SMILES string of the molecule is CCN(C)C(=O)C(C)NC1C2(C)CCC(C2)C1(C)C. The summed E-state index contributed by atoms with van der Waals surface area (Å²) in [6.45, 7) is 12.0. The second-order valence-electron chi connectivity index (χ2n) is 7.59. The molecular formula is C16H30N2O. The van der Waals surface area contributed by atoms with E-state index in [0.29, 0.717) is 16.9 Å². The van der Waals surface area contributed by atoms with Crippen molar-refractivity contribution >= 4 is 5.91 Å². The molecule has 2 fully saturated rings. The molecule has 19 heavy (non-hydrogen) atoms. The van der Waals surface area contributed by atoms with Gasteiger partial charge in [0.15, 0.2) is 0 Å². The Morgan fingerprint density at radius 1 is 1.42 bits per heavy atom. The Morgan fingerprint density at radius 3 is 2.53 bits per heavy atom. The van der Waals surface area contributed by atoms with Gasteiger partial charge in [0.1, 0.15) is 0 Å². The van der Waals surface area contributed by atoms with E-state index in [-0.39, 0.29) is 11.9 Å². The van der Waals surface area contributed by atoms with Crippen molar-refractivity contribution < 1.29 is 4.79 Å². The molecule has 1 N–H and O–H groups in total. The number of nitrogens with zero attached hydrogens (tertiary/aromatic N) is 1. The molecule has 4 atom stereocenters. The number of fused-ring (bicyclic) bond motifs is 2. The summed E-state index contributed by atoms with van der Waals surface area (Å²) >= 11 is 0. The largest absolute Gasteiger partial charge is 0.345 e. The Morgan fingerprint density at radius 2 is 2.05 bits per heavy atom. The molecule has 4 unspecified atom stereocenters. The first kappa shape index (κ1) is 14.8. The summed E-state index contributed by atoms with van der Waals surface area (Å²) in [5.74, 6) is 1.03. The number of carbonyl (C=O) groups is 1. The summed E-state index contributed by atoms with van der Waals surface area (Å²) in [7, 11) is 1.88. The van der Waals surface area contributed by atoms with Crippen molar-refractivity contribution in [2.75, 3.05) is 13.6 Å². The van der Waals surface area contributed by atoms with E-state index in [1.807, 2.05) is 20.9 Å². The standard InChI is InChI=1S/C16H30N2O/c1-7-18(6)13(19)11(2)17-14-15(3,4)12-8-9-16(14,5)10-12/h11-12,14,17H,7-10H2,1-6H3. The lowest BCUT2D eigenvalue weighted by Crippen LogP contribution is -2.56. The van der Waals surface area contributed by atoms with E-state index < -0.39 is 0 Å². The molecule has 0 aliphatic heterocycles. The first-order valence-corrected chi connectivity index (χ1v) is 7.73. The van der Waals surface area contributed by atoms with Crippen molar-refractivity contribution in [1.82, 2.24) is 10.2 Å². The minimum atomic E-state index is -0.0783. The number of hydrogen-bond donors (Lipinski definition) is 1. The number of amides is 1. The summed E-state index contributed by atoms with van der Waals surface area (Å²) in [5.41, 5.74) is 0.694. The number of nitrogens with one attached hydrogen (secondary N) is 1. The topological polar surface area (TPSA) is 32.3 Å². The number of hydrogen-bond acceptors (Lipinski definition) is 2. The van der Waals surface area contributed by atoms with Gasteiger partial charge in [0.25, 0.3) is 0 Å². The Kier molecular flexibility index (Phi) is 3.72. The maximum atomic E-state index is 12.2. The molecule has 0 spiro atoms. The van der Waals surface area contributed by atoms with Crippen LogP contribution >= 0.6 is 0 Å². The van der Waals surface area contributed by atoms with Crippen LogP contribution in [0.3, 0.4) is 0 Å². The minimum Gasteiger partial charge on any atom is -0.345 e. The van der Waals surface area contributed by atoms with E-state index in [9.17, 15) is 4.79 Å². The fourth-order valence-corrected chi connectivity index (χ4v) is 4.53. The Labute approximate surface area is 118 Å². The highest BCUT2D eigenvalue weighted by Gasteiger charge is 2.59. The van der Waals surface area contributed by atoms with Crippen molar-refractivity contribution in [3.8, 4) is 0 Å². The zero-order valence-electron chi connectivity index (χ0n) is 13.4. The van der Waals surface area contributed by atoms with Crippen LogP contribution < -0.4 is 5.32 Å². The number of likely N-dealkylation sites (N-methyl/N-ethyl adjacent to an activating group) is 1. The molecule has 0 aromatic rings. The second-order valence-corrected chi connectivity index (χ2v) is 7.59. The lowest BCUT2D eigenvalue weighted by Gasteiger charge is -2.44. The molecule has 2 saturated carbocycles. The maximum Gasteiger partial charge on any atom is 0.239 e. The van der Waals surface area contributed by atoms with Gasteiger partial charge < -0.3 is 10.2 Å². The molecule has 0 heterocycles. The van der Waals surface area contributed by atoms with Crippen LogP contribution in [0.4, 0.5) is 0 Å². The average molecular weight is 266 g/mol. The molecule has 0 aromatic heterocycles. The first-order chi connectivity index (χ1) is 8.72. The van der Waals surface area contributed by atoms with Crippen molar-refractivity contribution in [1.29, 1.82) is 0 Å². The summed E-state index contributed by atoms with van der Waals surface area (Å²) in [6, 6.07) is 0.383. The number of rotatable bonds is 4. The summed E-state index contributed by atoms with van der Waals surface area (Å²) < 4.78 is 0. The quantitative estimate of drug-likeness (QED) is 0.848. The highest BCUT2D eigenvalue weighted by atomic mass is 16.2. The Hall–Kier alpha value is -0.570. The number of carbonyl (C=O) groups excluding carboxylic acids is 1. The van der Waals surface area contributed by atoms with Gasteiger partial charge in [-0.3, -0.25) is 4.79 Å². The molecule has 3 nitrogen and oxygen atoms in total. The Bertz CT molecular complexity index is 361. The van der Waals surface area contributed by atoms with Gasteiger partial charge in [0.2, 0.25) is 5.91 Å². The summed E-state index contributed by atoms with van der Waals surface area (Å²) in [6.07, 6.45) is 3.99. The van der Waals surface area contributed by atoms with E-state index in [4.69, 9.17) is 0 Å². The van der Waals surface area contributed by atoms with Gasteiger partial charge >= 0.3 is 0 Å². The Balaban J connectivity index is 2.08. The predicted molar refractivity (Wildman–Crippen MR) is 78.9 cm³/mol. The second kappa shape index (κ2) is 4.76. The molecule has 2 bridgehead atoms. The van der Waals surface area contributed by atoms with Crippen molar-refractivity contribution in [2.24, 2.45) is 16.7 Å². The van der Waals surface area contributed by atoms with Crippen molar-refractivity contribution in [3.05, 3.63) is 0 Å². The van der Waals surface area contributed by atoms with Gasteiger partial charge in [-0.2, -0.15) is 0 Å². The van der Waals surface area contributed by atoms with Crippen LogP contribution in [0.1, 0.15) is 53.9 Å². The highest BCUT2D eigenvalue weighted by molar-refractivity contribution is 5.81. The average Bonchev–Trinajstić information content (AvgIpc) is 2.83. The molecular weight excluding hydrogens is 236 g/mol. The minimum absolute atomic E-state index is 0.0783. The molecule has 0 saturated heterocycles. The van der Waals surface area contributed by atoms with Gasteiger partial charge in [0.05, 0.1) is 6.04 Å². The lowest BCUT2D eigenvalue weighted by molar-refractivity contribution is -0.132. The maximum absolute atomic E-state index is 12.2. The smallest absolute Gasteiger partial charge is 0.239 e. The molecule has 1 amide bonds. The lowest BCUT2D eigenvalue weighted by atomic mass is 9.68. The van der Waals surface area contributed by atoms with Crippen molar-refractivity contribution in [2.45, 2.75) is 66.0 Å². The van der Waals surface area contributed by atoms with Crippen LogP contribution in [0.2, 0.25) is 0 Å². The molecule has 2 rings (SSSR count). The molecule has 3 heteroatoms. The molecule has 110 valence electrons. The first-order valence-electron chi connectivity index (χ1n) is 7.73. The van der Waals surface area contributed by atoms with Gasteiger partial charge in [-0.05, 0) is 49.9 Å². The molecule has 0 radical (unpaired) electrons. The molecule has 2 aliphatic carbocycles. The highest BCUT2D eigenvalue weighted by Crippen LogP contribution is 2.62. The van der Waals surface area contributed by atoms with Crippen LogP contribution in [0.25, 0.3) is 0 Å². The third kappa shape index (κ3) is 2.31. The van der Waals surface area contributed by atoms with E-state index in [1.165, 1.54) is 19.3 Å². The zero-order chi connectivity index (χ0) is 14.4.